The van der Waals surface area contributed by atoms with Crippen molar-refractivity contribution in [3.63, 3.8) is 0 Å². The summed E-state index contributed by atoms with van der Waals surface area (Å²) in [5.74, 6) is -0.0819. The van der Waals surface area contributed by atoms with Gasteiger partial charge >= 0.3 is 0 Å². The number of hydrogen-bond acceptors (Lipinski definition) is 6. The van der Waals surface area contributed by atoms with E-state index in [9.17, 15) is 14.0 Å². The zero-order valence-corrected chi connectivity index (χ0v) is 23.3. The number of fused-ring (bicyclic) bond motifs is 1. The maximum absolute atomic E-state index is 14.7. The van der Waals surface area contributed by atoms with Crippen molar-refractivity contribution in [1.29, 1.82) is 0 Å². The first-order chi connectivity index (χ1) is 19.8. The molecule has 0 saturated carbocycles. The molecule has 1 aliphatic heterocycles. The third-order valence-corrected chi connectivity index (χ3v) is 7.65. The van der Waals surface area contributed by atoms with E-state index in [1.165, 1.54) is 17.4 Å². The molecule has 41 heavy (non-hydrogen) atoms. The quantitative estimate of drug-likeness (QED) is 0.303. The van der Waals surface area contributed by atoms with Crippen LogP contribution in [0.3, 0.4) is 0 Å². The number of nitrogens with one attached hydrogen (secondary N) is 1. The van der Waals surface area contributed by atoms with Crippen LogP contribution in [0.15, 0.2) is 93.1 Å². The van der Waals surface area contributed by atoms with Crippen molar-refractivity contribution in [2.45, 2.75) is 13.8 Å². The van der Waals surface area contributed by atoms with E-state index in [1.807, 2.05) is 48.7 Å². The van der Waals surface area contributed by atoms with Gasteiger partial charge in [-0.3, -0.25) is 14.3 Å². The fourth-order valence-electron chi connectivity index (χ4n) is 4.65. The molecule has 0 saturated heterocycles. The first-order valence-corrected chi connectivity index (χ1v) is 13.7. The molecule has 1 N–H and O–H groups in total. The molecule has 3 heterocycles. The van der Waals surface area contributed by atoms with Crippen LogP contribution in [0.2, 0.25) is 0 Å². The number of rotatable bonds is 5. The van der Waals surface area contributed by atoms with Crippen molar-refractivity contribution in [3.05, 3.63) is 110 Å². The lowest BCUT2D eigenvalue weighted by Crippen LogP contribution is -2.25. The Kier molecular flexibility index (Phi) is 6.72. The van der Waals surface area contributed by atoms with E-state index >= 15 is 0 Å². The van der Waals surface area contributed by atoms with Gasteiger partial charge in [0.1, 0.15) is 11.6 Å². The summed E-state index contributed by atoms with van der Waals surface area (Å²) in [6.45, 7) is 3.50. The molecule has 0 radical (unpaired) electrons. The Morgan fingerprint density at radius 3 is 2.59 bits per heavy atom. The van der Waals surface area contributed by atoms with Gasteiger partial charge in [-0.15, -0.1) is 11.3 Å². The first kappa shape index (κ1) is 26.2. The van der Waals surface area contributed by atoms with Crippen LogP contribution in [0.4, 0.5) is 15.8 Å². The molecule has 11 heteroatoms. The van der Waals surface area contributed by atoms with Gasteiger partial charge in [-0.25, -0.2) is 18.7 Å². The number of halogens is 1. The molecular weight excluding hydrogens is 543 g/mol. The smallest absolute Gasteiger partial charge is 0.297 e. The number of carbonyl (C=O) groups is 1. The molecule has 6 rings (SSSR count). The topological polar surface area (TPSA) is 94.9 Å². The molecule has 0 bridgehead atoms. The highest BCUT2D eigenvalue weighted by atomic mass is 32.1. The summed E-state index contributed by atoms with van der Waals surface area (Å²) < 4.78 is 25.1. The van der Waals surface area contributed by atoms with Crippen molar-refractivity contribution in [2.75, 3.05) is 11.9 Å². The summed E-state index contributed by atoms with van der Waals surface area (Å²) in [6, 6.07) is 21.1. The minimum atomic E-state index is -0.400. The van der Waals surface area contributed by atoms with Crippen LogP contribution in [0.1, 0.15) is 18.2 Å². The van der Waals surface area contributed by atoms with Gasteiger partial charge in [0.05, 0.1) is 28.5 Å². The second kappa shape index (κ2) is 10.5. The number of carbonyl (C=O) groups excluding carboxylic acids is 1. The largest absolute Gasteiger partial charge is 0.482 e. The summed E-state index contributed by atoms with van der Waals surface area (Å²) in [6.07, 6.45) is 0. The second-order valence-electron chi connectivity index (χ2n) is 9.45. The molecule has 0 aliphatic carbocycles. The molecule has 0 spiro atoms. The third-order valence-electron chi connectivity index (χ3n) is 6.84. The van der Waals surface area contributed by atoms with Gasteiger partial charge in [0.2, 0.25) is 4.80 Å². The highest BCUT2D eigenvalue weighted by molar-refractivity contribution is 7.07. The first-order valence-electron chi connectivity index (χ1n) is 12.8. The summed E-state index contributed by atoms with van der Waals surface area (Å²) in [5, 5.41) is 9.46. The maximum atomic E-state index is 14.7. The van der Waals surface area contributed by atoms with Crippen molar-refractivity contribution >= 4 is 34.3 Å². The van der Waals surface area contributed by atoms with Crippen LogP contribution in [0.5, 0.6) is 5.75 Å². The zero-order chi connectivity index (χ0) is 28.7. The number of amides is 1. The molecule has 5 aromatic rings. The highest BCUT2D eigenvalue weighted by Crippen LogP contribution is 2.33. The van der Waals surface area contributed by atoms with Crippen molar-refractivity contribution in [1.82, 2.24) is 14.0 Å². The van der Waals surface area contributed by atoms with Crippen LogP contribution in [-0.2, 0) is 11.8 Å². The fraction of sp³-hybridized carbons (Fsp3) is 0.133. The standard InChI is InChI=1S/C30H25FN6O3S/c1-18(22-11-7-8-12-23(22)31)34-36-25(20-13-14-26-24(15-20)32-27(38)16-40-26)17-41-30(36)33-28-19(2)35(3)37(29(28)39)21-9-5-4-6-10-21/h4-15,17H,16H2,1-3H3,(H,32,38). The summed E-state index contributed by atoms with van der Waals surface area (Å²) in [4.78, 5) is 30.7. The van der Waals surface area contributed by atoms with Crippen LogP contribution in [-0.4, -0.2) is 32.3 Å². The van der Waals surface area contributed by atoms with E-state index in [0.717, 1.165) is 11.3 Å². The Morgan fingerprint density at radius 1 is 1.05 bits per heavy atom. The Hall–Kier alpha value is -5.03. The average molecular weight is 569 g/mol. The Bertz CT molecular complexity index is 1970. The van der Waals surface area contributed by atoms with Gasteiger partial charge in [0.25, 0.3) is 11.5 Å². The monoisotopic (exact) mass is 568 g/mol. The molecule has 0 fully saturated rings. The van der Waals surface area contributed by atoms with Gasteiger partial charge in [-0.2, -0.15) is 5.10 Å². The van der Waals surface area contributed by atoms with Gasteiger partial charge in [0, 0.05) is 23.6 Å². The van der Waals surface area contributed by atoms with Gasteiger partial charge in [-0.05, 0) is 50.2 Å². The Balaban J connectivity index is 1.56. The van der Waals surface area contributed by atoms with Crippen LogP contribution in [0.25, 0.3) is 16.9 Å². The maximum Gasteiger partial charge on any atom is 0.297 e. The minimum Gasteiger partial charge on any atom is -0.482 e. The molecule has 1 amide bonds. The van der Waals surface area contributed by atoms with E-state index in [4.69, 9.17) is 14.8 Å². The molecule has 2 aromatic heterocycles. The predicted molar refractivity (Wildman–Crippen MR) is 157 cm³/mol. The number of nitrogens with zero attached hydrogens (tertiary/aromatic N) is 5. The lowest BCUT2D eigenvalue weighted by atomic mass is 10.1. The number of anilines is 1. The van der Waals surface area contributed by atoms with E-state index in [2.05, 4.69) is 5.32 Å². The molecule has 206 valence electrons. The normalized spacial score (nSPS) is 13.6. The lowest BCUT2D eigenvalue weighted by molar-refractivity contribution is -0.118. The average Bonchev–Trinajstić information content (AvgIpc) is 3.46. The Labute approximate surface area is 238 Å². The van der Waals surface area contributed by atoms with Crippen LogP contribution in [0, 0.1) is 12.7 Å². The number of para-hydroxylation sites is 1. The van der Waals surface area contributed by atoms with E-state index in [-0.39, 0.29) is 23.8 Å². The van der Waals surface area contributed by atoms with Crippen molar-refractivity contribution < 1.29 is 13.9 Å². The van der Waals surface area contributed by atoms with Crippen LogP contribution >= 0.6 is 11.3 Å². The molecule has 3 aromatic carbocycles. The summed E-state index contributed by atoms with van der Waals surface area (Å²) >= 11 is 1.29. The minimum absolute atomic E-state index is 0.0448. The third kappa shape index (κ3) is 4.80. The fourth-order valence-corrected chi connectivity index (χ4v) is 5.49. The number of ether oxygens (including phenoxy) is 1. The lowest BCUT2D eigenvalue weighted by Gasteiger charge is -2.18. The number of aromatic nitrogens is 3. The highest BCUT2D eigenvalue weighted by Gasteiger charge is 2.20. The number of benzene rings is 3. The molecule has 0 atom stereocenters. The molecule has 1 aliphatic rings. The zero-order valence-electron chi connectivity index (χ0n) is 22.5. The van der Waals surface area contributed by atoms with Gasteiger partial charge in [-0.1, -0.05) is 36.4 Å². The van der Waals surface area contributed by atoms with Gasteiger partial charge < -0.3 is 10.1 Å². The van der Waals surface area contributed by atoms with Crippen molar-refractivity contribution in [2.24, 2.45) is 17.1 Å². The number of thiazole rings is 1. The molecule has 9 nitrogen and oxygen atoms in total. The SMILES string of the molecule is CC(=Nn1c(-c2ccc3c(c2)NC(=O)CO3)csc1=Nc1c(C)n(C)n(-c2ccccc2)c1=O)c1ccccc1F. The number of hydrogen-bond donors (Lipinski definition) is 1. The van der Waals surface area contributed by atoms with Gasteiger partial charge in [0.15, 0.2) is 12.3 Å². The van der Waals surface area contributed by atoms with E-state index < -0.39 is 5.82 Å². The van der Waals surface area contributed by atoms with Crippen molar-refractivity contribution in [3.8, 4) is 22.7 Å². The summed E-state index contributed by atoms with van der Waals surface area (Å²) in [7, 11) is 1.81. The molecular formula is C30H25FN6O3S. The van der Waals surface area contributed by atoms with Crippen LogP contribution < -0.4 is 20.4 Å². The summed E-state index contributed by atoms with van der Waals surface area (Å²) in [5.41, 5.74) is 4.05. The second-order valence-corrected chi connectivity index (χ2v) is 10.3. The predicted octanol–water partition coefficient (Wildman–Crippen LogP) is 4.99. The van der Waals surface area contributed by atoms with E-state index in [1.54, 1.807) is 58.3 Å². The van der Waals surface area contributed by atoms with E-state index in [0.29, 0.717) is 38.9 Å². The molecule has 0 unspecified atom stereocenters. The Morgan fingerprint density at radius 2 is 1.80 bits per heavy atom.